The molecule has 5 rings (SSSR count). The van der Waals surface area contributed by atoms with Crippen LogP contribution in [-0.2, 0) is 16.2 Å². The van der Waals surface area contributed by atoms with Gasteiger partial charge in [0.2, 0.25) is 0 Å². The number of nitrogens with zero attached hydrogens (tertiary/aromatic N) is 1. The van der Waals surface area contributed by atoms with Gasteiger partial charge in [0.15, 0.2) is 17.3 Å². The maximum Gasteiger partial charge on any atom is 0.255 e. The highest BCUT2D eigenvalue weighted by Crippen LogP contribution is 2.44. The smallest absolute Gasteiger partial charge is 0.255 e. The first kappa shape index (κ1) is 25.3. The second kappa shape index (κ2) is 10.9. The molecule has 2 N–H and O–H groups in total. The normalized spacial score (nSPS) is 17.0. The van der Waals surface area contributed by atoms with Crippen LogP contribution in [0.4, 0.5) is 5.82 Å². The molecule has 3 aromatic rings. The number of nitrogens with one attached hydrogen (secondary N) is 2. The van der Waals surface area contributed by atoms with E-state index < -0.39 is 5.92 Å². The number of allylic oxidation sites excluding steroid dienone is 3. The number of ether oxygens (including phenoxy) is 2. The van der Waals surface area contributed by atoms with E-state index in [1.807, 2.05) is 68.4 Å². The van der Waals surface area contributed by atoms with Crippen molar-refractivity contribution in [3.63, 3.8) is 0 Å². The van der Waals surface area contributed by atoms with Gasteiger partial charge >= 0.3 is 0 Å². The Bertz CT molecular complexity index is 1430. The Labute approximate surface area is 222 Å². The van der Waals surface area contributed by atoms with E-state index in [9.17, 15) is 9.59 Å². The molecule has 1 aliphatic carbocycles. The Balaban J connectivity index is 1.51. The van der Waals surface area contributed by atoms with Crippen molar-refractivity contribution in [2.24, 2.45) is 0 Å². The van der Waals surface area contributed by atoms with Gasteiger partial charge in [0.25, 0.3) is 5.91 Å². The van der Waals surface area contributed by atoms with Gasteiger partial charge < -0.3 is 20.1 Å². The van der Waals surface area contributed by atoms with Crippen molar-refractivity contribution in [1.82, 2.24) is 10.3 Å². The molecule has 194 valence electrons. The van der Waals surface area contributed by atoms with Gasteiger partial charge in [-0.15, -0.1) is 0 Å². The minimum atomic E-state index is -0.540. The molecule has 7 nitrogen and oxygen atoms in total. The third kappa shape index (κ3) is 5.18. The number of benzene rings is 2. The summed E-state index contributed by atoms with van der Waals surface area (Å²) in [6, 6.07) is 19.2. The molecule has 1 aliphatic heterocycles. The number of pyridine rings is 1. The topological polar surface area (TPSA) is 89.5 Å². The van der Waals surface area contributed by atoms with Crippen LogP contribution in [-0.4, -0.2) is 23.8 Å². The number of carbonyl (C=O) groups is 2. The van der Waals surface area contributed by atoms with E-state index in [4.69, 9.17) is 9.47 Å². The predicted octanol–water partition coefficient (Wildman–Crippen LogP) is 5.58. The summed E-state index contributed by atoms with van der Waals surface area (Å²) in [7, 11) is 1.59. The second-order valence-electron chi connectivity index (χ2n) is 9.63. The van der Waals surface area contributed by atoms with Gasteiger partial charge in [-0.1, -0.05) is 42.5 Å². The molecule has 0 radical (unpaired) electrons. The molecule has 0 fully saturated rings. The zero-order chi connectivity index (χ0) is 26.6. The van der Waals surface area contributed by atoms with Crippen LogP contribution in [0.1, 0.15) is 48.8 Å². The number of amides is 1. The lowest BCUT2D eigenvalue weighted by Crippen LogP contribution is -2.35. The van der Waals surface area contributed by atoms with Crippen molar-refractivity contribution in [2.75, 3.05) is 12.4 Å². The number of hydrogen-bond acceptors (Lipinski definition) is 6. The van der Waals surface area contributed by atoms with E-state index in [2.05, 4.69) is 15.6 Å². The second-order valence-corrected chi connectivity index (χ2v) is 9.63. The van der Waals surface area contributed by atoms with Crippen molar-refractivity contribution in [3.8, 4) is 11.5 Å². The first-order chi connectivity index (χ1) is 18.4. The molecular formula is C31H31N3O4. The Hall–Kier alpha value is -4.39. The van der Waals surface area contributed by atoms with E-state index in [0.717, 1.165) is 40.9 Å². The van der Waals surface area contributed by atoms with E-state index in [1.54, 1.807) is 19.4 Å². The predicted molar refractivity (Wildman–Crippen MR) is 146 cm³/mol. The highest BCUT2D eigenvalue weighted by Gasteiger charge is 2.38. The third-order valence-corrected chi connectivity index (χ3v) is 6.93. The Morgan fingerprint density at radius 3 is 2.61 bits per heavy atom. The molecule has 2 aromatic carbocycles. The Morgan fingerprint density at radius 1 is 1.05 bits per heavy atom. The molecule has 2 aliphatic rings. The highest BCUT2D eigenvalue weighted by molar-refractivity contribution is 6.09. The van der Waals surface area contributed by atoms with Crippen molar-refractivity contribution in [3.05, 3.63) is 106 Å². The van der Waals surface area contributed by atoms with Crippen LogP contribution in [0, 0.1) is 6.92 Å². The zero-order valence-electron chi connectivity index (χ0n) is 21.8. The van der Waals surface area contributed by atoms with Crippen LogP contribution in [0.25, 0.3) is 0 Å². The minimum absolute atomic E-state index is 0.0541. The maximum absolute atomic E-state index is 13.7. The van der Waals surface area contributed by atoms with E-state index in [1.165, 1.54) is 0 Å². The molecule has 0 spiro atoms. The number of hydrogen-bond donors (Lipinski definition) is 2. The van der Waals surface area contributed by atoms with Gasteiger partial charge in [-0.3, -0.25) is 9.59 Å². The summed E-state index contributed by atoms with van der Waals surface area (Å²) in [4.78, 5) is 31.2. The number of aromatic nitrogens is 1. The quantitative estimate of drug-likeness (QED) is 0.432. The summed E-state index contributed by atoms with van der Waals surface area (Å²) >= 11 is 0. The fourth-order valence-corrected chi connectivity index (χ4v) is 5.06. The summed E-state index contributed by atoms with van der Waals surface area (Å²) < 4.78 is 11.7. The monoisotopic (exact) mass is 509 g/mol. The van der Waals surface area contributed by atoms with Crippen LogP contribution in [0.2, 0.25) is 0 Å². The Kier molecular flexibility index (Phi) is 7.26. The van der Waals surface area contributed by atoms with Crippen molar-refractivity contribution >= 4 is 17.5 Å². The number of Topliss-reactive ketones (excluding diaryl/α,β-unsaturated/α-hetero) is 1. The lowest BCUT2D eigenvalue weighted by atomic mass is 9.75. The molecule has 1 atom stereocenters. The average molecular weight is 510 g/mol. The minimum Gasteiger partial charge on any atom is -0.493 e. The summed E-state index contributed by atoms with van der Waals surface area (Å²) in [5.74, 6) is 0.801. The number of dihydropyridines is 1. The molecular weight excluding hydrogens is 478 g/mol. The first-order valence-corrected chi connectivity index (χ1v) is 12.8. The molecule has 0 saturated heterocycles. The fraction of sp³-hybridized carbons (Fsp3) is 0.258. The molecule has 7 heteroatoms. The number of aryl methyl sites for hydroxylation is 1. The van der Waals surface area contributed by atoms with E-state index >= 15 is 0 Å². The molecule has 1 unspecified atom stereocenters. The molecule has 0 bridgehead atoms. The standard InChI is InChI=1S/C31H31N3O4/c1-19-12-15-27(32-17-19)34-31(36)28-20(2)33-23-10-7-11-24(35)30(23)29(28)22-13-14-25(26(16-22)37-3)38-18-21-8-5-4-6-9-21/h4-6,8-9,12-17,29,33H,7,10-11,18H2,1-3H3,(H,32,34,36). The number of anilines is 1. The van der Waals surface area contributed by atoms with Gasteiger partial charge in [0.1, 0.15) is 12.4 Å². The largest absolute Gasteiger partial charge is 0.493 e. The summed E-state index contributed by atoms with van der Waals surface area (Å²) in [5.41, 5.74) is 5.57. The van der Waals surface area contributed by atoms with Gasteiger partial charge in [-0.2, -0.15) is 0 Å². The zero-order valence-corrected chi connectivity index (χ0v) is 21.8. The molecule has 0 saturated carbocycles. The summed E-state index contributed by atoms with van der Waals surface area (Å²) in [5, 5.41) is 6.27. The van der Waals surface area contributed by atoms with Gasteiger partial charge in [0.05, 0.1) is 7.11 Å². The van der Waals surface area contributed by atoms with Crippen LogP contribution in [0.3, 0.4) is 0 Å². The van der Waals surface area contributed by atoms with Gasteiger partial charge in [-0.05, 0) is 61.6 Å². The van der Waals surface area contributed by atoms with Crippen LogP contribution < -0.4 is 20.1 Å². The van der Waals surface area contributed by atoms with Crippen molar-refractivity contribution < 1.29 is 19.1 Å². The average Bonchev–Trinajstić information content (AvgIpc) is 2.93. The maximum atomic E-state index is 13.7. The van der Waals surface area contributed by atoms with E-state index in [0.29, 0.717) is 41.5 Å². The Morgan fingerprint density at radius 2 is 1.87 bits per heavy atom. The van der Waals surface area contributed by atoms with E-state index in [-0.39, 0.29) is 11.7 Å². The molecule has 2 heterocycles. The number of carbonyl (C=O) groups excluding carboxylic acids is 2. The van der Waals surface area contributed by atoms with Gasteiger partial charge in [-0.25, -0.2) is 4.98 Å². The van der Waals surface area contributed by atoms with Crippen LogP contribution >= 0.6 is 0 Å². The fourth-order valence-electron chi connectivity index (χ4n) is 5.06. The van der Waals surface area contributed by atoms with Crippen LogP contribution in [0.5, 0.6) is 11.5 Å². The lowest BCUT2D eigenvalue weighted by Gasteiger charge is -2.34. The number of ketones is 1. The van der Waals surface area contributed by atoms with Crippen molar-refractivity contribution in [1.29, 1.82) is 0 Å². The summed E-state index contributed by atoms with van der Waals surface area (Å²) in [6.45, 7) is 4.21. The number of rotatable bonds is 7. The lowest BCUT2D eigenvalue weighted by molar-refractivity contribution is -0.116. The molecule has 38 heavy (non-hydrogen) atoms. The van der Waals surface area contributed by atoms with Crippen molar-refractivity contribution in [2.45, 2.75) is 45.6 Å². The highest BCUT2D eigenvalue weighted by atomic mass is 16.5. The van der Waals surface area contributed by atoms with Gasteiger partial charge in [0, 0.05) is 41.1 Å². The SMILES string of the molecule is COc1cc(C2C(C(=O)Nc3ccc(C)cn3)=C(C)NC3=C2C(=O)CCC3)ccc1OCc1ccccc1. The first-order valence-electron chi connectivity index (χ1n) is 12.8. The van der Waals surface area contributed by atoms with Crippen LogP contribution in [0.15, 0.2) is 89.4 Å². The number of methoxy groups -OCH3 is 1. The summed E-state index contributed by atoms with van der Waals surface area (Å²) in [6.07, 6.45) is 3.71. The molecule has 1 amide bonds. The molecule has 1 aromatic heterocycles. The third-order valence-electron chi connectivity index (χ3n) is 6.93.